The van der Waals surface area contributed by atoms with Crippen molar-refractivity contribution in [2.75, 3.05) is 11.9 Å². The SMILES string of the molecule is CC1(C)OCC(c2nc3c(C(F)(F)F)cccc3c(O)c2C(=O)Nc2nccs2)O1. The van der Waals surface area contributed by atoms with Crippen molar-refractivity contribution < 1.29 is 32.5 Å². The number of para-hydroxylation sites is 1. The van der Waals surface area contributed by atoms with Crippen LogP contribution in [0.15, 0.2) is 29.8 Å². The molecule has 0 bridgehead atoms. The number of amides is 1. The van der Waals surface area contributed by atoms with E-state index in [9.17, 15) is 23.1 Å². The first-order valence-electron chi connectivity index (χ1n) is 8.82. The minimum absolute atomic E-state index is 0.0450. The summed E-state index contributed by atoms with van der Waals surface area (Å²) in [5.74, 6) is -2.41. The summed E-state index contributed by atoms with van der Waals surface area (Å²) >= 11 is 1.15. The Morgan fingerprint density at radius 3 is 2.73 bits per heavy atom. The van der Waals surface area contributed by atoms with E-state index in [-0.39, 0.29) is 28.4 Å². The Morgan fingerprint density at radius 1 is 1.37 bits per heavy atom. The number of alkyl halides is 3. The van der Waals surface area contributed by atoms with Crippen LogP contribution in [-0.4, -0.2) is 33.4 Å². The number of nitrogens with zero attached hydrogens (tertiary/aromatic N) is 2. The molecular weight excluding hydrogens is 423 g/mol. The van der Waals surface area contributed by atoms with Gasteiger partial charge in [-0.25, -0.2) is 9.97 Å². The fourth-order valence-electron chi connectivity index (χ4n) is 3.24. The Labute approximate surface area is 172 Å². The van der Waals surface area contributed by atoms with Gasteiger partial charge in [0.25, 0.3) is 5.91 Å². The highest BCUT2D eigenvalue weighted by atomic mass is 32.1. The molecule has 158 valence electrons. The molecule has 0 aliphatic carbocycles. The number of nitrogens with one attached hydrogen (secondary N) is 1. The highest BCUT2D eigenvalue weighted by molar-refractivity contribution is 7.13. The van der Waals surface area contributed by atoms with Gasteiger partial charge < -0.3 is 14.6 Å². The number of ether oxygens (including phenoxy) is 2. The van der Waals surface area contributed by atoms with E-state index in [1.165, 1.54) is 12.3 Å². The number of hydrogen-bond donors (Lipinski definition) is 2. The van der Waals surface area contributed by atoms with Crippen molar-refractivity contribution in [1.82, 2.24) is 9.97 Å². The number of aromatic nitrogens is 2. The lowest BCUT2D eigenvalue weighted by molar-refractivity contribution is -0.140. The van der Waals surface area contributed by atoms with Gasteiger partial charge in [0.2, 0.25) is 0 Å². The Bertz CT molecular complexity index is 1120. The van der Waals surface area contributed by atoms with Crippen molar-refractivity contribution >= 4 is 33.3 Å². The van der Waals surface area contributed by atoms with Gasteiger partial charge in [0.15, 0.2) is 10.9 Å². The maximum Gasteiger partial charge on any atom is 0.418 e. The summed E-state index contributed by atoms with van der Waals surface area (Å²) in [6.07, 6.45) is -4.17. The van der Waals surface area contributed by atoms with Crippen molar-refractivity contribution in [3.05, 3.63) is 46.6 Å². The van der Waals surface area contributed by atoms with E-state index in [0.717, 1.165) is 23.5 Å². The highest BCUT2D eigenvalue weighted by Gasteiger charge is 2.40. The Kier molecular flexibility index (Phi) is 4.91. The Hall–Kier alpha value is -2.76. The number of anilines is 1. The summed E-state index contributed by atoms with van der Waals surface area (Å²) in [7, 11) is 0. The molecule has 1 amide bonds. The molecule has 0 saturated carbocycles. The summed E-state index contributed by atoms with van der Waals surface area (Å²) < 4.78 is 51.8. The molecule has 3 aromatic rings. The molecule has 7 nitrogen and oxygen atoms in total. The van der Waals surface area contributed by atoms with E-state index in [2.05, 4.69) is 15.3 Å². The number of thiazole rings is 1. The Morgan fingerprint density at radius 2 is 2.13 bits per heavy atom. The van der Waals surface area contributed by atoms with E-state index in [1.807, 2.05) is 0 Å². The molecule has 1 saturated heterocycles. The topological polar surface area (TPSA) is 93.6 Å². The van der Waals surface area contributed by atoms with Crippen LogP contribution in [0, 0.1) is 0 Å². The van der Waals surface area contributed by atoms with Gasteiger partial charge in [0, 0.05) is 17.0 Å². The number of rotatable bonds is 3. The third-order valence-corrected chi connectivity index (χ3v) is 5.20. The largest absolute Gasteiger partial charge is 0.506 e. The van der Waals surface area contributed by atoms with E-state index in [4.69, 9.17) is 9.47 Å². The summed E-state index contributed by atoms with van der Waals surface area (Å²) in [5.41, 5.74) is -1.93. The van der Waals surface area contributed by atoms with Crippen LogP contribution in [-0.2, 0) is 15.7 Å². The number of halogens is 3. The molecule has 30 heavy (non-hydrogen) atoms. The molecular formula is C19H16F3N3O4S. The maximum atomic E-state index is 13.5. The zero-order valence-electron chi connectivity index (χ0n) is 15.8. The normalized spacial score (nSPS) is 18.6. The Balaban J connectivity index is 1.93. The van der Waals surface area contributed by atoms with Crippen molar-refractivity contribution in [2.45, 2.75) is 31.9 Å². The monoisotopic (exact) mass is 439 g/mol. The van der Waals surface area contributed by atoms with Gasteiger partial charge in [0.05, 0.1) is 23.4 Å². The zero-order valence-corrected chi connectivity index (χ0v) is 16.6. The number of fused-ring (bicyclic) bond motifs is 1. The average molecular weight is 439 g/mol. The third-order valence-electron chi connectivity index (χ3n) is 4.51. The summed E-state index contributed by atoms with van der Waals surface area (Å²) in [5, 5.41) is 15.1. The van der Waals surface area contributed by atoms with Gasteiger partial charge in [-0.2, -0.15) is 13.2 Å². The van der Waals surface area contributed by atoms with E-state index in [0.29, 0.717) is 0 Å². The molecule has 1 fully saturated rings. The maximum absolute atomic E-state index is 13.5. The summed E-state index contributed by atoms with van der Waals surface area (Å²) in [6.45, 7) is 3.21. The van der Waals surface area contributed by atoms with Crippen molar-refractivity contribution in [3.8, 4) is 5.75 Å². The van der Waals surface area contributed by atoms with Crippen LogP contribution in [0.4, 0.5) is 18.3 Å². The fourth-order valence-corrected chi connectivity index (χ4v) is 3.76. The minimum Gasteiger partial charge on any atom is -0.506 e. The van der Waals surface area contributed by atoms with Crippen LogP contribution in [0.1, 0.15) is 41.6 Å². The first-order chi connectivity index (χ1) is 14.1. The quantitative estimate of drug-likeness (QED) is 0.625. The summed E-state index contributed by atoms with van der Waals surface area (Å²) in [4.78, 5) is 21.0. The van der Waals surface area contributed by atoms with Crippen molar-refractivity contribution in [2.24, 2.45) is 0 Å². The number of benzene rings is 1. The fraction of sp³-hybridized carbons (Fsp3) is 0.316. The highest BCUT2D eigenvalue weighted by Crippen LogP contribution is 2.42. The predicted molar refractivity (Wildman–Crippen MR) is 102 cm³/mol. The molecule has 1 aromatic carbocycles. The van der Waals surface area contributed by atoms with Crippen LogP contribution in [0.3, 0.4) is 0 Å². The second-order valence-electron chi connectivity index (χ2n) is 7.03. The van der Waals surface area contributed by atoms with Crippen LogP contribution in [0.5, 0.6) is 5.75 Å². The van der Waals surface area contributed by atoms with Crippen LogP contribution < -0.4 is 5.32 Å². The van der Waals surface area contributed by atoms with E-state index < -0.39 is 40.8 Å². The van der Waals surface area contributed by atoms with Gasteiger partial charge in [-0.05, 0) is 26.0 Å². The standard InChI is InChI=1S/C19H16F3N3O4S/c1-18(2)28-8-11(29-18)14-12(16(27)25-17-23-6-7-30-17)15(26)9-4-3-5-10(13(9)24-14)19(20,21)22/h3-7,11H,8H2,1-2H3,(H,24,26)(H,23,25,27). The molecule has 11 heteroatoms. The smallest absolute Gasteiger partial charge is 0.418 e. The van der Waals surface area contributed by atoms with Gasteiger partial charge in [-0.3, -0.25) is 10.1 Å². The molecule has 1 unspecified atom stereocenters. The molecule has 0 radical (unpaired) electrons. The molecule has 1 atom stereocenters. The van der Waals surface area contributed by atoms with Crippen LogP contribution >= 0.6 is 11.3 Å². The molecule has 1 aliphatic rings. The number of aromatic hydroxyl groups is 1. The van der Waals surface area contributed by atoms with Crippen molar-refractivity contribution in [3.63, 3.8) is 0 Å². The minimum atomic E-state index is -4.70. The van der Waals surface area contributed by atoms with Gasteiger partial charge >= 0.3 is 6.18 Å². The predicted octanol–water partition coefficient (Wildman–Crippen LogP) is 4.49. The average Bonchev–Trinajstić information content (AvgIpc) is 3.29. The number of carbonyl (C=O) groups excluding carboxylic acids is 1. The number of carbonyl (C=O) groups is 1. The van der Waals surface area contributed by atoms with Gasteiger partial charge in [0.1, 0.15) is 17.4 Å². The van der Waals surface area contributed by atoms with Crippen LogP contribution in [0.25, 0.3) is 10.9 Å². The zero-order chi connectivity index (χ0) is 21.7. The second kappa shape index (κ2) is 7.18. The molecule has 3 heterocycles. The first-order valence-corrected chi connectivity index (χ1v) is 9.70. The molecule has 2 aromatic heterocycles. The van der Waals surface area contributed by atoms with E-state index in [1.54, 1.807) is 19.2 Å². The lowest BCUT2D eigenvalue weighted by atomic mass is 10.0. The lowest BCUT2D eigenvalue weighted by Gasteiger charge is -2.20. The molecule has 0 spiro atoms. The number of pyridine rings is 1. The molecule has 4 rings (SSSR count). The number of hydrogen-bond acceptors (Lipinski definition) is 7. The van der Waals surface area contributed by atoms with Crippen LogP contribution in [0.2, 0.25) is 0 Å². The van der Waals surface area contributed by atoms with Gasteiger partial charge in [-0.1, -0.05) is 6.07 Å². The van der Waals surface area contributed by atoms with Gasteiger partial charge in [-0.15, -0.1) is 11.3 Å². The second-order valence-corrected chi connectivity index (χ2v) is 7.92. The molecule has 1 aliphatic heterocycles. The molecule has 2 N–H and O–H groups in total. The van der Waals surface area contributed by atoms with E-state index >= 15 is 0 Å². The summed E-state index contributed by atoms with van der Waals surface area (Å²) in [6, 6.07) is 3.28. The first kappa shape index (κ1) is 20.5. The van der Waals surface area contributed by atoms with Crippen molar-refractivity contribution in [1.29, 1.82) is 0 Å². The third kappa shape index (κ3) is 3.71. The lowest BCUT2D eigenvalue weighted by Crippen LogP contribution is -2.22.